The summed E-state index contributed by atoms with van der Waals surface area (Å²) in [4.78, 5) is 7.22. The fraction of sp³-hybridized carbons (Fsp3) is 0.381. The highest BCUT2D eigenvalue weighted by Crippen LogP contribution is 2.30. The van der Waals surface area contributed by atoms with E-state index in [0.29, 0.717) is 5.89 Å². The van der Waals surface area contributed by atoms with Crippen molar-refractivity contribution < 1.29 is 9.15 Å². The van der Waals surface area contributed by atoms with Crippen LogP contribution >= 0.6 is 0 Å². The molecule has 0 aliphatic carbocycles. The predicted octanol–water partition coefficient (Wildman–Crippen LogP) is 4.41. The number of hydrogen-bond donors (Lipinski definition) is 0. The highest BCUT2D eigenvalue weighted by atomic mass is 16.5. The Hall–Kier alpha value is -2.17. The van der Waals surface area contributed by atoms with E-state index in [1.165, 1.54) is 10.8 Å². The van der Waals surface area contributed by atoms with Gasteiger partial charge in [-0.15, -0.1) is 0 Å². The monoisotopic (exact) mass is 336 g/mol. The van der Waals surface area contributed by atoms with E-state index in [9.17, 15) is 0 Å². The van der Waals surface area contributed by atoms with Gasteiger partial charge in [0.1, 0.15) is 5.76 Å². The molecule has 4 heteroatoms. The molecule has 25 heavy (non-hydrogen) atoms. The van der Waals surface area contributed by atoms with Crippen LogP contribution < -0.4 is 0 Å². The zero-order chi connectivity index (χ0) is 17.4. The number of fused-ring (bicyclic) bond motifs is 1. The summed E-state index contributed by atoms with van der Waals surface area (Å²) in [5.41, 5.74) is 2.07. The van der Waals surface area contributed by atoms with Crippen LogP contribution in [0.2, 0.25) is 0 Å². The average Bonchev–Trinajstić information content (AvgIpc) is 2.94. The number of ether oxygens (including phenoxy) is 1. The first-order valence-electron chi connectivity index (χ1n) is 8.92. The third kappa shape index (κ3) is 3.32. The molecule has 0 saturated carbocycles. The van der Waals surface area contributed by atoms with Crippen molar-refractivity contribution in [3.8, 4) is 11.5 Å². The molecular weight excluding hydrogens is 312 g/mol. The minimum absolute atomic E-state index is 0.258. The molecule has 0 bridgehead atoms. The van der Waals surface area contributed by atoms with Crippen LogP contribution in [0.25, 0.3) is 22.2 Å². The Morgan fingerprint density at radius 3 is 2.56 bits per heavy atom. The summed E-state index contributed by atoms with van der Waals surface area (Å²) in [6.45, 7) is 8.92. The van der Waals surface area contributed by atoms with Gasteiger partial charge in [0.2, 0.25) is 5.89 Å². The standard InChI is InChI=1S/C21H24N2O2/c1-14-11-23(12-15(2)24-14)13-20-16(3)25-21(22-20)19-10-6-8-17-7-4-5-9-18(17)19/h4-10,14-15H,11-13H2,1-3H3/t14-,15+. The van der Waals surface area contributed by atoms with Gasteiger partial charge in [0.25, 0.3) is 0 Å². The van der Waals surface area contributed by atoms with Gasteiger partial charge in [-0.2, -0.15) is 0 Å². The molecule has 4 rings (SSSR count). The van der Waals surface area contributed by atoms with E-state index < -0.39 is 0 Å². The lowest BCUT2D eigenvalue weighted by Gasteiger charge is -2.34. The van der Waals surface area contributed by atoms with Crippen LogP contribution in [-0.2, 0) is 11.3 Å². The van der Waals surface area contributed by atoms with E-state index in [2.05, 4.69) is 61.2 Å². The topological polar surface area (TPSA) is 38.5 Å². The molecule has 1 saturated heterocycles. The third-order valence-electron chi connectivity index (χ3n) is 4.78. The van der Waals surface area contributed by atoms with Gasteiger partial charge < -0.3 is 9.15 Å². The van der Waals surface area contributed by atoms with Crippen molar-refractivity contribution >= 4 is 10.8 Å². The Kier molecular flexibility index (Phi) is 4.32. The second-order valence-electron chi connectivity index (χ2n) is 7.00. The average molecular weight is 336 g/mol. The Bertz CT molecular complexity index is 871. The zero-order valence-corrected chi connectivity index (χ0v) is 15.0. The maximum absolute atomic E-state index is 6.03. The lowest BCUT2D eigenvalue weighted by molar-refractivity contribution is -0.0708. The van der Waals surface area contributed by atoms with Gasteiger partial charge in [0.15, 0.2) is 0 Å². The normalized spacial score (nSPS) is 21.7. The van der Waals surface area contributed by atoms with Crippen molar-refractivity contribution in [1.82, 2.24) is 9.88 Å². The second-order valence-corrected chi connectivity index (χ2v) is 7.00. The first kappa shape index (κ1) is 16.3. The number of morpholine rings is 1. The predicted molar refractivity (Wildman–Crippen MR) is 99.5 cm³/mol. The van der Waals surface area contributed by atoms with Gasteiger partial charge in [0.05, 0.1) is 17.9 Å². The van der Waals surface area contributed by atoms with Gasteiger partial charge >= 0.3 is 0 Å². The van der Waals surface area contributed by atoms with Crippen LogP contribution in [0.15, 0.2) is 46.9 Å². The van der Waals surface area contributed by atoms with Crippen LogP contribution in [0.4, 0.5) is 0 Å². The van der Waals surface area contributed by atoms with Crippen LogP contribution in [0.3, 0.4) is 0 Å². The first-order chi connectivity index (χ1) is 12.1. The van der Waals surface area contributed by atoms with Crippen molar-refractivity contribution in [2.24, 2.45) is 0 Å². The lowest BCUT2D eigenvalue weighted by Crippen LogP contribution is -2.44. The van der Waals surface area contributed by atoms with Crippen LogP contribution in [0, 0.1) is 6.92 Å². The number of oxazole rings is 1. The summed E-state index contributed by atoms with van der Waals surface area (Å²) >= 11 is 0. The summed E-state index contributed by atoms with van der Waals surface area (Å²) in [5.74, 6) is 1.60. The highest BCUT2D eigenvalue weighted by Gasteiger charge is 2.24. The largest absolute Gasteiger partial charge is 0.441 e. The minimum atomic E-state index is 0.258. The second kappa shape index (κ2) is 6.62. The van der Waals surface area contributed by atoms with E-state index in [0.717, 1.165) is 36.7 Å². The van der Waals surface area contributed by atoms with Gasteiger partial charge in [0, 0.05) is 25.2 Å². The molecule has 0 N–H and O–H groups in total. The van der Waals surface area contributed by atoms with Gasteiger partial charge in [-0.1, -0.05) is 36.4 Å². The molecule has 0 spiro atoms. The molecule has 4 nitrogen and oxygen atoms in total. The minimum Gasteiger partial charge on any atom is -0.441 e. The lowest BCUT2D eigenvalue weighted by atomic mass is 10.0. The van der Waals surface area contributed by atoms with Gasteiger partial charge in [-0.05, 0) is 37.6 Å². The number of rotatable bonds is 3. The van der Waals surface area contributed by atoms with E-state index in [4.69, 9.17) is 14.1 Å². The SMILES string of the molecule is Cc1oc(-c2cccc3ccccc23)nc1CN1C[C@@H](C)O[C@@H](C)C1. The summed E-state index contributed by atoms with van der Waals surface area (Å²) < 4.78 is 11.9. The molecule has 2 aromatic carbocycles. The van der Waals surface area contributed by atoms with Crippen LogP contribution in [0.5, 0.6) is 0 Å². The molecule has 2 heterocycles. The zero-order valence-electron chi connectivity index (χ0n) is 15.0. The molecule has 0 amide bonds. The fourth-order valence-electron chi connectivity index (χ4n) is 3.73. The van der Waals surface area contributed by atoms with Crippen molar-refractivity contribution in [1.29, 1.82) is 0 Å². The van der Waals surface area contributed by atoms with Gasteiger partial charge in [-0.3, -0.25) is 4.90 Å². The molecule has 0 radical (unpaired) electrons. The third-order valence-corrected chi connectivity index (χ3v) is 4.78. The molecule has 1 aliphatic rings. The summed E-state index contributed by atoms with van der Waals surface area (Å²) in [6, 6.07) is 14.6. The molecule has 1 aromatic heterocycles. The highest BCUT2D eigenvalue weighted by molar-refractivity contribution is 5.94. The quantitative estimate of drug-likeness (QED) is 0.710. The van der Waals surface area contributed by atoms with E-state index in [-0.39, 0.29) is 12.2 Å². The van der Waals surface area contributed by atoms with Crippen molar-refractivity contribution in [3.63, 3.8) is 0 Å². The van der Waals surface area contributed by atoms with Crippen LogP contribution in [-0.4, -0.2) is 35.2 Å². The number of nitrogens with zero attached hydrogens (tertiary/aromatic N) is 2. The molecule has 1 aliphatic heterocycles. The maximum atomic E-state index is 6.03. The van der Waals surface area contributed by atoms with Crippen LogP contribution in [0.1, 0.15) is 25.3 Å². The maximum Gasteiger partial charge on any atom is 0.227 e. The van der Waals surface area contributed by atoms with Crippen molar-refractivity contribution in [3.05, 3.63) is 53.9 Å². The number of benzene rings is 2. The Labute approximate surface area is 148 Å². The number of aromatic nitrogens is 1. The fourth-order valence-corrected chi connectivity index (χ4v) is 3.73. The molecule has 3 aromatic rings. The summed E-state index contributed by atoms with van der Waals surface area (Å²) in [7, 11) is 0. The Morgan fingerprint density at radius 1 is 1.04 bits per heavy atom. The number of hydrogen-bond acceptors (Lipinski definition) is 4. The van der Waals surface area contributed by atoms with E-state index in [1.54, 1.807) is 0 Å². The van der Waals surface area contributed by atoms with E-state index in [1.807, 2.05) is 6.92 Å². The molecule has 130 valence electrons. The Morgan fingerprint density at radius 2 is 1.76 bits per heavy atom. The van der Waals surface area contributed by atoms with Gasteiger partial charge in [-0.25, -0.2) is 4.98 Å². The van der Waals surface area contributed by atoms with E-state index >= 15 is 0 Å². The molecule has 1 fully saturated rings. The van der Waals surface area contributed by atoms with Crippen molar-refractivity contribution in [2.45, 2.75) is 39.5 Å². The smallest absolute Gasteiger partial charge is 0.227 e. The first-order valence-corrected chi connectivity index (χ1v) is 8.92. The molecule has 0 unspecified atom stereocenters. The number of aryl methyl sites for hydroxylation is 1. The molecule has 2 atom stereocenters. The summed E-state index contributed by atoms with van der Waals surface area (Å²) in [6.07, 6.45) is 0.516. The Balaban J connectivity index is 1.64. The molecular formula is C21H24N2O2. The summed E-state index contributed by atoms with van der Waals surface area (Å²) in [5, 5.41) is 2.37. The van der Waals surface area contributed by atoms with Crippen molar-refractivity contribution in [2.75, 3.05) is 13.1 Å².